The number of alkyl halides is 1. The van der Waals surface area contributed by atoms with Gasteiger partial charge in [-0.05, 0) is 24.6 Å². The van der Waals surface area contributed by atoms with Gasteiger partial charge in [-0.25, -0.2) is 4.98 Å². The Morgan fingerprint density at radius 2 is 2.26 bits per heavy atom. The van der Waals surface area contributed by atoms with Crippen molar-refractivity contribution in [1.82, 2.24) is 19.7 Å². The fourth-order valence-electron chi connectivity index (χ4n) is 2.15. The lowest BCUT2D eigenvalue weighted by atomic mass is 10.2. The normalized spacial score (nSPS) is 11.3. The number of benzene rings is 1. The van der Waals surface area contributed by atoms with Gasteiger partial charge in [0, 0.05) is 13.0 Å². The van der Waals surface area contributed by atoms with Crippen molar-refractivity contribution in [2.45, 2.75) is 25.8 Å². The van der Waals surface area contributed by atoms with Crippen LogP contribution in [0, 0.1) is 6.92 Å². The summed E-state index contributed by atoms with van der Waals surface area (Å²) in [7, 11) is 0. The van der Waals surface area contributed by atoms with E-state index in [-0.39, 0.29) is 0 Å². The third-order valence-electron chi connectivity index (χ3n) is 3.07. The van der Waals surface area contributed by atoms with Crippen LogP contribution in [-0.4, -0.2) is 19.7 Å². The first-order chi connectivity index (χ1) is 9.28. The Kier molecular flexibility index (Phi) is 3.21. The Balaban J connectivity index is 1.97. The van der Waals surface area contributed by atoms with E-state index >= 15 is 0 Å². The summed E-state index contributed by atoms with van der Waals surface area (Å²) in [6.45, 7) is 2.80. The molecule has 0 saturated heterocycles. The molecule has 0 aliphatic rings. The molecule has 2 heterocycles. The van der Waals surface area contributed by atoms with E-state index in [0.717, 1.165) is 23.4 Å². The zero-order valence-electron chi connectivity index (χ0n) is 10.5. The molecule has 0 spiro atoms. The number of aromatic nitrogens is 4. The number of halogens is 1. The Morgan fingerprint density at radius 3 is 3.00 bits per heavy atom. The Hall–Kier alpha value is -1.88. The molecule has 6 heteroatoms. The highest BCUT2D eigenvalue weighted by Gasteiger charge is 2.11. The van der Waals surface area contributed by atoms with Crippen molar-refractivity contribution in [3.63, 3.8) is 0 Å². The average Bonchev–Trinajstić information content (AvgIpc) is 3.03. The number of aryl methyl sites for hydroxylation is 3. The standard InChI is InChI=1S/C13H13ClN4O/c1-9-2-3-10-11(6-9)18(13(7-14)16-10)5-4-12-15-8-19-17-12/h2-3,6,8H,4-5,7H2,1H3. The minimum Gasteiger partial charge on any atom is -0.343 e. The van der Waals surface area contributed by atoms with Crippen LogP contribution in [0.4, 0.5) is 0 Å². The van der Waals surface area contributed by atoms with E-state index in [0.29, 0.717) is 18.1 Å². The molecule has 3 rings (SSSR count). The largest absolute Gasteiger partial charge is 0.343 e. The molecule has 0 fully saturated rings. The first-order valence-electron chi connectivity index (χ1n) is 6.05. The molecule has 3 aromatic rings. The van der Waals surface area contributed by atoms with Crippen molar-refractivity contribution < 1.29 is 4.52 Å². The quantitative estimate of drug-likeness (QED) is 0.688. The van der Waals surface area contributed by atoms with Gasteiger partial charge in [0.2, 0.25) is 6.39 Å². The SMILES string of the molecule is Cc1ccc2nc(CCl)n(CCc3ncon3)c2c1. The molecular weight excluding hydrogens is 264 g/mol. The average molecular weight is 277 g/mol. The molecule has 0 radical (unpaired) electrons. The van der Waals surface area contributed by atoms with Gasteiger partial charge in [-0.15, -0.1) is 11.6 Å². The van der Waals surface area contributed by atoms with Crippen LogP contribution in [-0.2, 0) is 18.8 Å². The first kappa shape index (κ1) is 12.2. The number of hydrogen-bond donors (Lipinski definition) is 0. The number of imidazole rings is 1. The summed E-state index contributed by atoms with van der Waals surface area (Å²) in [5, 5.41) is 3.82. The van der Waals surface area contributed by atoms with Gasteiger partial charge in [-0.3, -0.25) is 0 Å². The van der Waals surface area contributed by atoms with Crippen LogP contribution in [0.2, 0.25) is 0 Å². The summed E-state index contributed by atoms with van der Waals surface area (Å²) < 4.78 is 6.85. The zero-order chi connectivity index (χ0) is 13.2. The summed E-state index contributed by atoms with van der Waals surface area (Å²) >= 11 is 5.97. The Morgan fingerprint density at radius 1 is 1.37 bits per heavy atom. The third-order valence-corrected chi connectivity index (χ3v) is 3.31. The predicted octanol–water partition coefficient (Wildman–Crippen LogP) is 2.71. The minimum atomic E-state index is 0.389. The summed E-state index contributed by atoms with van der Waals surface area (Å²) in [4.78, 5) is 8.56. The molecule has 19 heavy (non-hydrogen) atoms. The first-order valence-corrected chi connectivity index (χ1v) is 6.58. The van der Waals surface area contributed by atoms with Crippen molar-refractivity contribution >= 4 is 22.6 Å². The van der Waals surface area contributed by atoms with E-state index in [4.69, 9.17) is 16.1 Å². The Bertz CT molecular complexity index is 690. The molecule has 0 amide bonds. The van der Waals surface area contributed by atoms with E-state index in [1.807, 2.05) is 6.07 Å². The highest BCUT2D eigenvalue weighted by Crippen LogP contribution is 2.19. The molecule has 98 valence electrons. The van der Waals surface area contributed by atoms with Crippen molar-refractivity contribution in [2.75, 3.05) is 0 Å². The number of hydrogen-bond acceptors (Lipinski definition) is 4. The summed E-state index contributed by atoms with van der Waals surface area (Å²) in [5.74, 6) is 1.95. The second-order valence-corrected chi connectivity index (χ2v) is 4.67. The fraction of sp³-hybridized carbons (Fsp3) is 0.308. The topological polar surface area (TPSA) is 56.7 Å². The summed E-state index contributed by atoms with van der Waals surface area (Å²) in [6, 6.07) is 6.19. The van der Waals surface area contributed by atoms with Crippen molar-refractivity contribution in [2.24, 2.45) is 0 Å². The molecule has 0 unspecified atom stereocenters. The smallest absolute Gasteiger partial charge is 0.213 e. The van der Waals surface area contributed by atoms with Crippen molar-refractivity contribution in [3.05, 3.63) is 41.8 Å². The molecule has 0 N–H and O–H groups in total. The van der Waals surface area contributed by atoms with Gasteiger partial charge in [0.25, 0.3) is 0 Å². The molecule has 5 nitrogen and oxygen atoms in total. The molecule has 0 saturated carbocycles. The fourth-order valence-corrected chi connectivity index (χ4v) is 2.35. The van der Waals surface area contributed by atoms with Crippen LogP contribution in [0.15, 0.2) is 29.1 Å². The molecule has 1 aromatic carbocycles. The molecule has 0 bridgehead atoms. The predicted molar refractivity (Wildman–Crippen MR) is 72.0 cm³/mol. The number of nitrogens with zero attached hydrogens (tertiary/aromatic N) is 4. The molecule has 2 aromatic heterocycles. The van der Waals surface area contributed by atoms with Crippen LogP contribution in [0.1, 0.15) is 17.2 Å². The van der Waals surface area contributed by atoms with E-state index < -0.39 is 0 Å². The lowest BCUT2D eigenvalue weighted by molar-refractivity contribution is 0.408. The summed E-state index contributed by atoms with van der Waals surface area (Å²) in [5.41, 5.74) is 3.27. The molecule has 0 aliphatic carbocycles. The maximum absolute atomic E-state index is 5.97. The number of rotatable bonds is 4. The van der Waals surface area contributed by atoms with E-state index in [1.165, 1.54) is 12.0 Å². The van der Waals surface area contributed by atoms with Gasteiger partial charge in [-0.2, -0.15) is 4.98 Å². The van der Waals surface area contributed by atoms with E-state index in [2.05, 4.69) is 38.7 Å². The van der Waals surface area contributed by atoms with Gasteiger partial charge in [0.1, 0.15) is 5.82 Å². The van der Waals surface area contributed by atoms with Crippen LogP contribution in [0.25, 0.3) is 11.0 Å². The third kappa shape index (κ3) is 2.33. The van der Waals surface area contributed by atoms with Crippen LogP contribution in [0.3, 0.4) is 0 Å². The molecule has 0 aliphatic heterocycles. The van der Waals surface area contributed by atoms with E-state index in [9.17, 15) is 0 Å². The second kappa shape index (κ2) is 5.01. The lowest BCUT2D eigenvalue weighted by Crippen LogP contribution is -2.06. The zero-order valence-corrected chi connectivity index (χ0v) is 11.3. The van der Waals surface area contributed by atoms with Gasteiger partial charge in [0.15, 0.2) is 5.82 Å². The summed E-state index contributed by atoms with van der Waals surface area (Å²) in [6.07, 6.45) is 2.04. The van der Waals surface area contributed by atoms with Crippen LogP contribution >= 0.6 is 11.6 Å². The minimum absolute atomic E-state index is 0.389. The van der Waals surface area contributed by atoms with Gasteiger partial charge >= 0.3 is 0 Å². The van der Waals surface area contributed by atoms with Gasteiger partial charge in [-0.1, -0.05) is 11.2 Å². The Labute approximate surface area is 115 Å². The van der Waals surface area contributed by atoms with Crippen molar-refractivity contribution in [3.8, 4) is 0 Å². The van der Waals surface area contributed by atoms with E-state index in [1.54, 1.807) is 0 Å². The molecule has 0 atom stereocenters. The van der Waals surface area contributed by atoms with Gasteiger partial charge < -0.3 is 9.09 Å². The van der Waals surface area contributed by atoms with Gasteiger partial charge in [0.05, 0.1) is 16.9 Å². The monoisotopic (exact) mass is 276 g/mol. The second-order valence-electron chi connectivity index (χ2n) is 4.40. The van der Waals surface area contributed by atoms with Crippen LogP contribution < -0.4 is 0 Å². The maximum atomic E-state index is 5.97. The van der Waals surface area contributed by atoms with Crippen LogP contribution in [0.5, 0.6) is 0 Å². The highest BCUT2D eigenvalue weighted by atomic mass is 35.5. The maximum Gasteiger partial charge on any atom is 0.213 e. The van der Waals surface area contributed by atoms with Crippen molar-refractivity contribution in [1.29, 1.82) is 0 Å². The highest BCUT2D eigenvalue weighted by molar-refractivity contribution is 6.16. The number of fused-ring (bicyclic) bond motifs is 1. The molecular formula is C13H13ClN4O. The lowest BCUT2D eigenvalue weighted by Gasteiger charge is -2.06.